The number of hydrogen-bond acceptors (Lipinski definition) is 9. The van der Waals surface area contributed by atoms with Crippen LogP contribution in [0, 0.1) is 6.92 Å². The molecular formula is C27H36N8O3S. The van der Waals surface area contributed by atoms with Gasteiger partial charge in [0.05, 0.1) is 35.5 Å². The van der Waals surface area contributed by atoms with Crippen LogP contribution in [0.3, 0.4) is 0 Å². The van der Waals surface area contributed by atoms with Crippen molar-refractivity contribution in [3.63, 3.8) is 0 Å². The van der Waals surface area contributed by atoms with Crippen LogP contribution in [0.1, 0.15) is 5.56 Å². The van der Waals surface area contributed by atoms with Crippen LogP contribution in [0.4, 0.5) is 40.2 Å². The summed E-state index contributed by atoms with van der Waals surface area (Å²) in [7, 11) is 6.32. The standard InChI is InChI=1S/C27H36N8O3S/c1-8-25(36)29-21-15-22(24(38-6)16-23(21)35(5)14-13-34(3)4)31-27-28-17-18(2)26(32-27)30-19-11-9-10-12-20(19)33-39(7)37/h8-12,15-17,33H,1,13-14H2,2-7H3,(H,29,36)(H2,28,30,31,32). The lowest BCUT2D eigenvalue weighted by Crippen LogP contribution is -2.29. The van der Waals surface area contributed by atoms with Crippen LogP contribution in [0.5, 0.6) is 5.75 Å². The molecule has 1 aromatic heterocycles. The summed E-state index contributed by atoms with van der Waals surface area (Å²) in [4.78, 5) is 25.5. The van der Waals surface area contributed by atoms with Gasteiger partial charge in [0.25, 0.3) is 0 Å². The SMILES string of the molecule is C=CC(=O)Nc1cc(Nc2ncc(C)c(Nc3ccccc3NS(C)=O)n2)c(OC)cc1N(C)CCN(C)C. The minimum Gasteiger partial charge on any atom is -0.494 e. The van der Waals surface area contributed by atoms with Crippen LogP contribution in [-0.2, 0) is 15.8 Å². The first-order chi connectivity index (χ1) is 18.6. The first kappa shape index (κ1) is 29.4. The predicted octanol–water partition coefficient (Wildman–Crippen LogP) is 4.11. The fraction of sp³-hybridized carbons (Fsp3) is 0.296. The molecule has 4 N–H and O–H groups in total. The van der Waals surface area contributed by atoms with Crippen molar-refractivity contribution in [1.29, 1.82) is 0 Å². The van der Waals surface area contributed by atoms with Crippen LogP contribution in [-0.4, -0.2) is 72.6 Å². The van der Waals surface area contributed by atoms with E-state index < -0.39 is 11.0 Å². The van der Waals surface area contributed by atoms with Crippen molar-refractivity contribution in [2.45, 2.75) is 6.92 Å². The molecule has 3 rings (SSSR count). The van der Waals surface area contributed by atoms with Crippen LogP contribution < -0.4 is 30.3 Å². The van der Waals surface area contributed by atoms with E-state index in [9.17, 15) is 9.00 Å². The molecule has 0 aliphatic rings. The molecule has 1 heterocycles. The Morgan fingerprint density at radius 1 is 1.08 bits per heavy atom. The molecule has 11 nitrogen and oxygen atoms in total. The molecule has 0 saturated heterocycles. The second kappa shape index (κ2) is 13.6. The summed E-state index contributed by atoms with van der Waals surface area (Å²) in [6, 6.07) is 11.1. The molecule has 0 spiro atoms. The maximum atomic E-state index is 12.2. The van der Waals surface area contributed by atoms with Crippen molar-refractivity contribution in [1.82, 2.24) is 14.9 Å². The lowest BCUT2D eigenvalue weighted by Gasteiger charge is -2.26. The number of carbonyl (C=O) groups excluding carboxylic acids is 1. The number of aryl methyl sites for hydroxylation is 1. The highest BCUT2D eigenvalue weighted by atomic mass is 32.2. The number of amides is 1. The van der Waals surface area contributed by atoms with Crippen LogP contribution in [0.2, 0.25) is 0 Å². The molecule has 0 aliphatic heterocycles. The van der Waals surface area contributed by atoms with Crippen molar-refractivity contribution < 1.29 is 13.7 Å². The maximum Gasteiger partial charge on any atom is 0.247 e. The van der Waals surface area contributed by atoms with Crippen LogP contribution in [0.25, 0.3) is 0 Å². The summed E-state index contributed by atoms with van der Waals surface area (Å²) in [5.74, 6) is 1.12. The van der Waals surface area contributed by atoms with E-state index in [1.165, 1.54) is 6.08 Å². The molecular weight excluding hydrogens is 516 g/mol. The number of ether oxygens (including phenoxy) is 1. The number of hydrogen-bond donors (Lipinski definition) is 4. The molecule has 0 bridgehead atoms. The van der Waals surface area contributed by atoms with E-state index in [4.69, 9.17) is 4.74 Å². The van der Waals surface area contributed by atoms with Gasteiger partial charge in [-0.15, -0.1) is 0 Å². The number of anilines is 7. The summed E-state index contributed by atoms with van der Waals surface area (Å²) in [6.45, 7) is 7.02. The zero-order valence-electron chi connectivity index (χ0n) is 23.2. The van der Waals surface area contributed by atoms with Crippen LogP contribution >= 0.6 is 0 Å². The fourth-order valence-corrected chi connectivity index (χ4v) is 4.11. The molecule has 1 unspecified atom stereocenters. The highest BCUT2D eigenvalue weighted by molar-refractivity contribution is 7.85. The van der Waals surface area contributed by atoms with Gasteiger partial charge in [-0.3, -0.25) is 4.79 Å². The Morgan fingerprint density at radius 3 is 2.44 bits per heavy atom. The molecule has 0 saturated carbocycles. The Balaban J connectivity index is 1.96. The molecule has 0 radical (unpaired) electrons. The van der Waals surface area contributed by atoms with E-state index in [1.807, 2.05) is 63.3 Å². The van der Waals surface area contributed by atoms with Gasteiger partial charge < -0.3 is 35.2 Å². The Hall–Kier alpha value is -4.16. The third-order valence-corrected chi connectivity index (χ3v) is 6.21. The molecule has 39 heavy (non-hydrogen) atoms. The molecule has 12 heteroatoms. The molecule has 1 atom stereocenters. The van der Waals surface area contributed by atoms with Gasteiger partial charge in [-0.1, -0.05) is 18.7 Å². The van der Waals surface area contributed by atoms with E-state index in [0.717, 1.165) is 30.0 Å². The predicted molar refractivity (Wildman–Crippen MR) is 161 cm³/mol. The Bertz CT molecular complexity index is 1350. The van der Waals surface area contributed by atoms with Gasteiger partial charge in [0, 0.05) is 44.2 Å². The van der Waals surface area contributed by atoms with Gasteiger partial charge in [-0.05, 0) is 45.3 Å². The number of rotatable bonds is 13. The van der Waals surface area contributed by atoms with E-state index in [0.29, 0.717) is 34.6 Å². The molecule has 3 aromatic rings. The van der Waals surface area contributed by atoms with E-state index in [2.05, 4.69) is 42.1 Å². The third kappa shape index (κ3) is 8.16. The monoisotopic (exact) mass is 552 g/mol. The maximum absolute atomic E-state index is 12.2. The van der Waals surface area contributed by atoms with Gasteiger partial charge in [0.1, 0.15) is 22.6 Å². The van der Waals surface area contributed by atoms with Gasteiger partial charge in [0.15, 0.2) is 0 Å². The summed E-state index contributed by atoms with van der Waals surface area (Å²) < 4.78 is 20.3. The molecule has 1 amide bonds. The molecule has 0 aliphatic carbocycles. The lowest BCUT2D eigenvalue weighted by atomic mass is 10.2. The number of carbonyl (C=O) groups is 1. The minimum absolute atomic E-state index is 0.320. The number of nitrogens with one attached hydrogen (secondary N) is 4. The molecule has 208 valence electrons. The number of para-hydroxylation sites is 2. The van der Waals surface area contributed by atoms with E-state index in [-0.39, 0.29) is 5.91 Å². The summed E-state index contributed by atoms with van der Waals surface area (Å²) in [6.07, 6.45) is 4.49. The van der Waals surface area contributed by atoms with Gasteiger partial charge >= 0.3 is 0 Å². The lowest BCUT2D eigenvalue weighted by molar-refractivity contribution is -0.111. The topological polar surface area (TPSA) is 124 Å². The zero-order chi connectivity index (χ0) is 28.5. The van der Waals surface area contributed by atoms with Crippen LogP contribution in [0.15, 0.2) is 55.3 Å². The van der Waals surface area contributed by atoms with Crippen molar-refractivity contribution in [2.75, 3.05) is 73.2 Å². The minimum atomic E-state index is -1.23. The number of likely N-dealkylation sites (N-methyl/N-ethyl adjacent to an activating group) is 2. The van der Waals surface area contributed by atoms with Crippen molar-refractivity contribution in [3.8, 4) is 5.75 Å². The quantitative estimate of drug-likeness (QED) is 0.232. The average molecular weight is 553 g/mol. The first-order valence-electron chi connectivity index (χ1n) is 12.2. The molecule has 0 fully saturated rings. The summed E-state index contributed by atoms with van der Waals surface area (Å²) >= 11 is 0. The fourth-order valence-electron chi connectivity index (χ4n) is 3.62. The zero-order valence-corrected chi connectivity index (χ0v) is 24.0. The smallest absolute Gasteiger partial charge is 0.247 e. The average Bonchev–Trinajstić information content (AvgIpc) is 2.90. The van der Waals surface area contributed by atoms with E-state index >= 15 is 0 Å². The van der Waals surface area contributed by atoms with E-state index in [1.54, 1.807) is 25.6 Å². The normalized spacial score (nSPS) is 11.5. The highest BCUT2D eigenvalue weighted by Crippen LogP contribution is 2.38. The summed E-state index contributed by atoms with van der Waals surface area (Å²) in [5.41, 5.74) is 4.17. The highest BCUT2D eigenvalue weighted by Gasteiger charge is 2.17. The second-order valence-electron chi connectivity index (χ2n) is 9.06. The second-order valence-corrected chi connectivity index (χ2v) is 10.2. The van der Waals surface area contributed by atoms with Crippen molar-refractivity contribution >= 4 is 57.1 Å². The number of aromatic nitrogens is 2. The number of methoxy groups -OCH3 is 1. The van der Waals surface area contributed by atoms with Gasteiger partial charge in [-0.2, -0.15) is 4.98 Å². The largest absolute Gasteiger partial charge is 0.494 e. The Labute approximate surface area is 232 Å². The van der Waals surface area contributed by atoms with Gasteiger partial charge in [0.2, 0.25) is 11.9 Å². The number of benzene rings is 2. The molecule has 2 aromatic carbocycles. The van der Waals surface area contributed by atoms with Crippen molar-refractivity contribution in [3.05, 3.63) is 60.8 Å². The summed E-state index contributed by atoms with van der Waals surface area (Å²) in [5, 5.41) is 9.40. The Morgan fingerprint density at radius 2 is 1.79 bits per heavy atom. The Kier molecular flexibility index (Phi) is 10.2. The third-order valence-electron chi connectivity index (χ3n) is 5.71. The van der Waals surface area contributed by atoms with Crippen molar-refractivity contribution in [2.24, 2.45) is 0 Å². The number of nitrogens with zero attached hydrogens (tertiary/aromatic N) is 4. The first-order valence-corrected chi connectivity index (χ1v) is 13.7. The van der Waals surface area contributed by atoms with Gasteiger partial charge in [-0.25, -0.2) is 9.19 Å².